The van der Waals surface area contributed by atoms with Gasteiger partial charge in [-0.15, -0.1) is 0 Å². The molecule has 1 aromatic heterocycles. The summed E-state index contributed by atoms with van der Waals surface area (Å²) in [5.74, 6) is -0.0745. The van der Waals surface area contributed by atoms with E-state index in [9.17, 15) is 9.59 Å². The van der Waals surface area contributed by atoms with Gasteiger partial charge in [0.2, 0.25) is 0 Å². The van der Waals surface area contributed by atoms with Crippen molar-refractivity contribution in [3.05, 3.63) is 76.5 Å². The number of amides is 1. The van der Waals surface area contributed by atoms with Crippen LogP contribution in [-0.2, 0) is 4.74 Å². The Morgan fingerprint density at radius 3 is 2.37 bits per heavy atom. The highest BCUT2D eigenvalue weighted by Crippen LogP contribution is 2.27. The molecular weight excluding hydrogens is 380 g/mol. The highest BCUT2D eigenvalue weighted by atomic mass is 16.5. The van der Waals surface area contributed by atoms with Crippen molar-refractivity contribution in [1.82, 2.24) is 4.98 Å². The van der Waals surface area contributed by atoms with Gasteiger partial charge in [-0.3, -0.25) is 4.79 Å². The maximum atomic E-state index is 13.1. The van der Waals surface area contributed by atoms with Crippen molar-refractivity contribution in [3.8, 4) is 17.0 Å². The summed E-state index contributed by atoms with van der Waals surface area (Å²) in [4.78, 5) is 29.7. The van der Waals surface area contributed by atoms with Crippen LogP contribution in [0, 0.1) is 20.8 Å². The number of pyridine rings is 1. The molecule has 3 rings (SSSR count). The van der Waals surface area contributed by atoms with E-state index in [0.29, 0.717) is 34.0 Å². The van der Waals surface area contributed by atoms with E-state index in [-0.39, 0.29) is 5.91 Å². The van der Waals surface area contributed by atoms with Crippen molar-refractivity contribution >= 4 is 17.6 Å². The third kappa shape index (κ3) is 4.17. The second-order valence-corrected chi connectivity index (χ2v) is 6.97. The van der Waals surface area contributed by atoms with E-state index in [2.05, 4.69) is 10.3 Å². The van der Waals surface area contributed by atoms with Crippen molar-refractivity contribution in [1.29, 1.82) is 0 Å². The average Bonchev–Trinajstić information content (AvgIpc) is 2.76. The van der Waals surface area contributed by atoms with Gasteiger partial charge < -0.3 is 14.8 Å². The summed E-state index contributed by atoms with van der Waals surface area (Å²) in [5.41, 5.74) is 5.07. The molecule has 30 heavy (non-hydrogen) atoms. The van der Waals surface area contributed by atoms with Crippen LogP contribution in [-0.4, -0.2) is 31.1 Å². The SMILES string of the molecule is COC(=O)c1ccc(C)c(NC(=O)c2nc(-c3cccc(OC)c3)ccc2C)c1C. The molecular formula is C24H24N2O4. The Morgan fingerprint density at radius 1 is 0.933 bits per heavy atom. The van der Waals surface area contributed by atoms with Crippen LogP contribution in [0.5, 0.6) is 5.75 Å². The van der Waals surface area contributed by atoms with E-state index in [1.54, 1.807) is 26.2 Å². The van der Waals surface area contributed by atoms with E-state index < -0.39 is 5.97 Å². The largest absolute Gasteiger partial charge is 0.497 e. The number of aryl methyl sites for hydroxylation is 2. The molecule has 0 bridgehead atoms. The highest BCUT2D eigenvalue weighted by molar-refractivity contribution is 6.06. The van der Waals surface area contributed by atoms with Gasteiger partial charge in [0.05, 0.1) is 25.5 Å². The molecule has 0 atom stereocenters. The van der Waals surface area contributed by atoms with Crippen molar-refractivity contribution < 1.29 is 19.1 Å². The number of nitrogens with zero attached hydrogens (tertiary/aromatic N) is 1. The Morgan fingerprint density at radius 2 is 1.67 bits per heavy atom. The van der Waals surface area contributed by atoms with Gasteiger partial charge >= 0.3 is 5.97 Å². The molecule has 0 aliphatic heterocycles. The third-order valence-corrected chi connectivity index (χ3v) is 4.99. The quantitative estimate of drug-likeness (QED) is 0.623. The summed E-state index contributed by atoms with van der Waals surface area (Å²) in [5, 5.41) is 2.92. The molecule has 1 N–H and O–H groups in total. The molecule has 0 aliphatic carbocycles. The highest BCUT2D eigenvalue weighted by Gasteiger charge is 2.19. The second-order valence-electron chi connectivity index (χ2n) is 6.97. The summed E-state index contributed by atoms with van der Waals surface area (Å²) in [6.07, 6.45) is 0. The Hall–Kier alpha value is -3.67. The minimum atomic E-state index is -0.447. The van der Waals surface area contributed by atoms with Gasteiger partial charge in [-0.25, -0.2) is 9.78 Å². The standard InChI is InChI=1S/C24H24N2O4/c1-14-9-11-19(24(28)30-5)16(3)21(14)26-23(27)22-15(2)10-12-20(25-22)17-7-6-8-18(13-17)29-4/h6-13H,1-5H3,(H,26,27). The van der Waals surface area contributed by atoms with E-state index >= 15 is 0 Å². The predicted molar refractivity (Wildman–Crippen MR) is 116 cm³/mol. The molecule has 2 aromatic carbocycles. The number of benzene rings is 2. The Bertz CT molecular complexity index is 1120. The smallest absolute Gasteiger partial charge is 0.338 e. The summed E-state index contributed by atoms with van der Waals surface area (Å²) in [6.45, 7) is 5.49. The lowest BCUT2D eigenvalue weighted by Crippen LogP contribution is -2.18. The Balaban J connectivity index is 1.97. The van der Waals surface area contributed by atoms with Gasteiger partial charge in [-0.2, -0.15) is 0 Å². The molecule has 0 spiro atoms. The van der Waals surface area contributed by atoms with E-state index in [0.717, 1.165) is 16.7 Å². The molecule has 6 heteroatoms. The van der Waals surface area contributed by atoms with Gasteiger partial charge in [-0.05, 0) is 61.7 Å². The molecule has 0 saturated heterocycles. The summed E-state index contributed by atoms with van der Waals surface area (Å²) < 4.78 is 10.1. The van der Waals surface area contributed by atoms with Crippen LogP contribution in [0.4, 0.5) is 5.69 Å². The molecule has 1 amide bonds. The zero-order chi connectivity index (χ0) is 21.8. The third-order valence-electron chi connectivity index (χ3n) is 4.99. The molecule has 0 unspecified atom stereocenters. The second kappa shape index (κ2) is 8.78. The summed E-state index contributed by atoms with van der Waals surface area (Å²) in [6, 6.07) is 14.7. The van der Waals surface area contributed by atoms with Crippen molar-refractivity contribution in [2.24, 2.45) is 0 Å². The molecule has 0 aliphatic rings. The number of nitrogens with one attached hydrogen (secondary N) is 1. The number of anilines is 1. The lowest BCUT2D eigenvalue weighted by molar-refractivity contribution is 0.0599. The molecule has 3 aromatic rings. The van der Waals surface area contributed by atoms with E-state index in [4.69, 9.17) is 9.47 Å². The van der Waals surface area contributed by atoms with E-state index in [1.807, 2.05) is 50.2 Å². The first-order valence-corrected chi connectivity index (χ1v) is 9.47. The fourth-order valence-corrected chi connectivity index (χ4v) is 3.25. The van der Waals surface area contributed by atoms with Gasteiger partial charge in [-0.1, -0.05) is 24.3 Å². The number of aromatic nitrogens is 1. The fourth-order valence-electron chi connectivity index (χ4n) is 3.25. The summed E-state index contributed by atoms with van der Waals surface area (Å²) >= 11 is 0. The number of rotatable bonds is 5. The number of carbonyl (C=O) groups is 2. The zero-order valence-electron chi connectivity index (χ0n) is 17.7. The van der Waals surface area contributed by atoms with Crippen molar-refractivity contribution in [3.63, 3.8) is 0 Å². The van der Waals surface area contributed by atoms with Gasteiger partial charge in [0.15, 0.2) is 0 Å². The van der Waals surface area contributed by atoms with Crippen LogP contribution < -0.4 is 10.1 Å². The normalized spacial score (nSPS) is 10.4. The molecule has 6 nitrogen and oxygen atoms in total. The van der Waals surface area contributed by atoms with Crippen LogP contribution in [0.15, 0.2) is 48.5 Å². The number of hydrogen-bond donors (Lipinski definition) is 1. The van der Waals surface area contributed by atoms with Crippen LogP contribution in [0.2, 0.25) is 0 Å². The molecule has 0 saturated carbocycles. The first kappa shape index (κ1) is 21.0. The maximum absolute atomic E-state index is 13.1. The van der Waals surface area contributed by atoms with Gasteiger partial charge in [0, 0.05) is 11.3 Å². The minimum absolute atomic E-state index is 0.317. The maximum Gasteiger partial charge on any atom is 0.338 e. The number of carbonyl (C=O) groups excluding carboxylic acids is 2. The van der Waals surface area contributed by atoms with Gasteiger partial charge in [0.1, 0.15) is 11.4 Å². The van der Waals surface area contributed by atoms with Crippen molar-refractivity contribution in [2.45, 2.75) is 20.8 Å². The topological polar surface area (TPSA) is 77.5 Å². The van der Waals surface area contributed by atoms with E-state index in [1.165, 1.54) is 7.11 Å². The lowest BCUT2D eigenvalue weighted by Gasteiger charge is -2.15. The average molecular weight is 404 g/mol. The number of hydrogen-bond acceptors (Lipinski definition) is 5. The predicted octanol–water partition coefficient (Wildman–Crippen LogP) is 4.72. The first-order chi connectivity index (χ1) is 14.3. The number of ether oxygens (including phenoxy) is 2. The Kier molecular flexibility index (Phi) is 6.16. The lowest BCUT2D eigenvalue weighted by atomic mass is 10.0. The van der Waals surface area contributed by atoms with Crippen LogP contribution >= 0.6 is 0 Å². The summed E-state index contributed by atoms with van der Waals surface area (Å²) in [7, 11) is 2.94. The molecule has 154 valence electrons. The monoisotopic (exact) mass is 404 g/mol. The number of methoxy groups -OCH3 is 2. The van der Waals surface area contributed by atoms with Crippen molar-refractivity contribution in [2.75, 3.05) is 19.5 Å². The molecule has 1 heterocycles. The molecule has 0 radical (unpaired) electrons. The minimum Gasteiger partial charge on any atom is -0.497 e. The van der Waals surface area contributed by atoms with Crippen LogP contribution in [0.1, 0.15) is 37.5 Å². The van der Waals surface area contributed by atoms with Crippen LogP contribution in [0.25, 0.3) is 11.3 Å². The first-order valence-electron chi connectivity index (χ1n) is 9.47. The Labute approximate surface area is 175 Å². The number of esters is 1. The molecule has 0 fully saturated rings. The fraction of sp³-hybridized carbons (Fsp3) is 0.208. The van der Waals surface area contributed by atoms with Gasteiger partial charge in [0.25, 0.3) is 5.91 Å². The van der Waals surface area contributed by atoms with Crippen LogP contribution in [0.3, 0.4) is 0 Å². The zero-order valence-corrected chi connectivity index (χ0v) is 17.7.